The van der Waals surface area contributed by atoms with Crippen LogP contribution in [0.25, 0.3) is 0 Å². The molecule has 0 saturated carbocycles. The lowest BCUT2D eigenvalue weighted by Gasteiger charge is -2.55. The molecule has 4 fully saturated rings. The van der Waals surface area contributed by atoms with E-state index in [1.165, 1.54) is 5.56 Å². The maximum Gasteiger partial charge on any atom is 0.270 e. The minimum Gasteiger partial charge on any atom is -0.347 e. The third kappa shape index (κ3) is 2.54. The van der Waals surface area contributed by atoms with Crippen LogP contribution < -0.4 is 5.32 Å². The molecule has 26 heavy (non-hydrogen) atoms. The molecule has 2 aromatic rings. The molecule has 4 aliphatic heterocycles. The SMILES string of the molecule is O=C(N[C@@H]1C2CN3CCN(C2)CC1(c1ccccc1)C3)c1ccccn1. The zero-order chi connectivity index (χ0) is 17.6. The highest BCUT2D eigenvalue weighted by molar-refractivity contribution is 5.92. The van der Waals surface area contributed by atoms with Crippen molar-refractivity contribution in [3.63, 3.8) is 0 Å². The molecule has 5 heteroatoms. The Bertz CT molecular complexity index is 778. The molecule has 2 unspecified atom stereocenters. The zero-order valence-corrected chi connectivity index (χ0v) is 14.8. The van der Waals surface area contributed by atoms with Crippen molar-refractivity contribution in [2.75, 3.05) is 39.3 Å². The van der Waals surface area contributed by atoms with Crippen LogP contribution in [-0.2, 0) is 5.41 Å². The van der Waals surface area contributed by atoms with E-state index in [9.17, 15) is 4.79 Å². The third-order valence-electron chi connectivity index (χ3n) is 6.33. The van der Waals surface area contributed by atoms with Gasteiger partial charge in [-0.1, -0.05) is 36.4 Å². The molecule has 1 aromatic heterocycles. The minimum atomic E-state index is -0.0537. The van der Waals surface area contributed by atoms with Gasteiger partial charge < -0.3 is 15.1 Å². The van der Waals surface area contributed by atoms with Crippen LogP contribution in [0.5, 0.6) is 0 Å². The third-order valence-corrected chi connectivity index (χ3v) is 6.33. The second-order valence-corrected chi connectivity index (χ2v) is 7.92. The van der Waals surface area contributed by atoms with Crippen molar-refractivity contribution in [2.24, 2.45) is 5.92 Å². The second kappa shape index (κ2) is 6.18. The number of piperidine rings is 2. The molecule has 0 spiro atoms. The molecule has 4 bridgehead atoms. The highest BCUT2D eigenvalue weighted by Crippen LogP contribution is 2.43. The molecule has 0 radical (unpaired) electrons. The number of carbonyl (C=O) groups excluding carboxylic acids is 1. The summed E-state index contributed by atoms with van der Waals surface area (Å²) in [6, 6.07) is 16.4. The van der Waals surface area contributed by atoms with Gasteiger partial charge in [-0.25, -0.2) is 0 Å². The number of benzene rings is 1. The maximum absolute atomic E-state index is 12.9. The molecule has 3 atom stereocenters. The summed E-state index contributed by atoms with van der Waals surface area (Å²) in [4.78, 5) is 22.3. The van der Waals surface area contributed by atoms with Gasteiger partial charge in [0.2, 0.25) is 0 Å². The van der Waals surface area contributed by atoms with Crippen molar-refractivity contribution in [3.05, 3.63) is 66.0 Å². The molecule has 0 aliphatic carbocycles. The molecular weight excluding hydrogens is 324 g/mol. The number of aromatic nitrogens is 1. The number of fused-ring (bicyclic) bond motifs is 1. The number of pyridine rings is 1. The van der Waals surface area contributed by atoms with E-state index in [4.69, 9.17) is 0 Å². The fourth-order valence-electron chi connectivity index (χ4n) is 5.28. The lowest BCUT2D eigenvalue weighted by Crippen LogP contribution is -2.70. The average molecular weight is 348 g/mol. The van der Waals surface area contributed by atoms with Crippen LogP contribution in [0.15, 0.2) is 54.7 Å². The van der Waals surface area contributed by atoms with Gasteiger partial charge in [0, 0.05) is 62.8 Å². The van der Waals surface area contributed by atoms with Crippen LogP contribution in [-0.4, -0.2) is 66.0 Å². The highest BCUT2D eigenvalue weighted by Gasteiger charge is 2.55. The molecule has 1 N–H and O–H groups in total. The molecule has 1 aromatic carbocycles. The number of amides is 1. The topological polar surface area (TPSA) is 48.5 Å². The molecule has 134 valence electrons. The van der Waals surface area contributed by atoms with Crippen LogP contribution in [0.2, 0.25) is 0 Å². The first-order chi connectivity index (χ1) is 12.7. The highest BCUT2D eigenvalue weighted by atomic mass is 16.2. The van der Waals surface area contributed by atoms with Crippen LogP contribution in [0.4, 0.5) is 0 Å². The smallest absolute Gasteiger partial charge is 0.270 e. The molecule has 1 amide bonds. The Morgan fingerprint density at radius 1 is 1.00 bits per heavy atom. The lowest BCUT2D eigenvalue weighted by molar-refractivity contribution is 0.0179. The predicted molar refractivity (Wildman–Crippen MR) is 100.0 cm³/mol. The predicted octanol–water partition coefficient (Wildman–Crippen LogP) is 1.38. The van der Waals surface area contributed by atoms with Crippen LogP contribution in [0.1, 0.15) is 16.1 Å². The summed E-state index contributed by atoms with van der Waals surface area (Å²) in [5, 5.41) is 3.39. The van der Waals surface area contributed by atoms with E-state index < -0.39 is 0 Å². The standard InChI is InChI=1S/C21H24N4O/c26-20(18-8-4-5-9-22-18)23-19-16-12-24-10-11-25(13-16)15-21(19,14-24)17-6-2-1-3-7-17/h1-9,16,19H,10-15H2,(H,23,26)/t16?,19-,21?/m1/s1. The van der Waals surface area contributed by atoms with E-state index in [2.05, 4.69) is 50.4 Å². The molecule has 6 rings (SSSR count). The van der Waals surface area contributed by atoms with Crippen molar-refractivity contribution >= 4 is 5.91 Å². The van der Waals surface area contributed by atoms with E-state index in [1.807, 2.05) is 12.1 Å². The van der Waals surface area contributed by atoms with Gasteiger partial charge in [0.15, 0.2) is 0 Å². The largest absolute Gasteiger partial charge is 0.347 e. The van der Waals surface area contributed by atoms with Crippen LogP contribution in [0.3, 0.4) is 0 Å². The summed E-state index contributed by atoms with van der Waals surface area (Å²) in [6.07, 6.45) is 1.68. The number of carbonyl (C=O) groups is 1. The fraction of sp³-hybridized carbons (Fsp3) is 0.429. The quantitative estimate of drug-likeness (QED) is 0.910. The zero-order valence-electron chi connectivity index (χ0n) is 14.8. The van der Waals surface area contributed by atoms with Crippen LogP contribution >= 0.6 is 0 Å². The summed E-state index contributed by atoms with van der Waals surface area (Å²) in [7, 11) is 0. The van der Waals surface area contributed by atoms with Crippen LogP contribution in [0, 0.1) is 5.92 Å². The minimum absolute atomic E-state index is 0.0522. The molecular formula is C21H24N4O. The van der Waals surface area contributed by atoms with Gasteiger partial charge >= 0.3 is 0 Å². The normalized spacial score (nSPS) is 35.1. The van der Waals surface area contributed by atoms with Crippen molar-refractivity contribution in [3.8, 4) is 0 Å². The van der Waals surface area contributed by atoms with Crippen molar-refractivity contribution in [2.45, 2.75) is 11.5 Å². The number of nitrogens with one attached hydrogen (secondary N) is 1. The van der Waals surface area contributed by atoms with E-state index in [1.54, 1.807) is 12.3 Å². The Morgan fingerprint density at radius 2 is 1.69 bits per heavy atom. The molecule has 4 aliphatic rings. The Hall–Kier alpha value is -2.24. The van der Waals surface area contributed by atoms with Gasteiger partial charge in [-0.3, -0.25) is 9.78 Å². The van der Waals surface area contributed by atoms with Gasteiger partial charge in [0.1, 0.15) is 5.69 Å². The molecule has 5 heterocycles. The van der Waals surface area contributed by atoms with Crippen molar-refractivity contribution in [1.82, 2.24) is 20.1 Å². The Morgan fingerprint density at radius 3 is 2.35 bits per heavy atom. The second-order valence-electron chi connectivity index (χ2n) is 7.92. The Labute approximate surface area is 154 Å². The summed E-state index contributed by atoms with van der Waals surface area (Å²) >= 11 is 0. The number of hydrogen-bond donors (Lipinski definition) is 1. The molecule has 5 nitrogen and oxygen atoms in total. The Balaban J connectivity index is 1.53. The van der Waals surface area contributed by atoms with Gasteiger partial charge in [0.05, 0.1) is 0 Å². The van der Waals surface area contributed by atoms with Crippen molar-refractivity contribution < 1.29 is 4.79 Å². The summed E-state index contributed by atoms with van der Waals surface area (Å²) in [5.74, 6) is 0.398. The first kappa shape index (κ1) is 16.0. The Kier molecular flexibility index (Phi) is 3.80. The van der Waals surface area contributed by atoms with Gasteiger partial charge in [-0.15, -0.1) is 0 Å². The first-order valence-electron chi connectivity index (χ1n) is 9.47. The van der Waals surface area contributed by atoms with Gasteiger partial charge in [0.25, 0.3) is 5.91 Å². The summed E-state index contributed by atoms with van der Waals surface area (Å²) < 4.78 is 0. The van der Waals surface area contributed by atoms with E-state index in [-0.39, 0.29) is 17.4 Å². The van der Waals surface area contributed by atoms with Gasteiger partial charge in [-0.05, 0) is 17.7 Å². The number of hydrogen-bond acceptors (Lipinski definition) is 4. The van der Waals surface area contributed by atoms with Gasteiger partial charge in [-0.2, -0.15) is 0 Å². The summed E-state index contributed by atoms with van der Waals surface area (Å²) in [5.41, 5.74) is 1.79. The summed E-state index contributed by atoms with van der Waals surface area (Å²) in [6.45, 7) is 6.42. The lowest BCUT2D eigenvalue weighted by atomic mass is 9.64. The van der Waals surface area contributed by atoms with E-state index in [0.29, 0.717) is 11.6 Å². The number of nitrogens with zero attached hydrogens (tertiary/aromatic N) is 3. The maximum atomic E-state index is 12.9. The van der Waals surface area contributed by atoms with E-state index in [0.717, 1.165) is 39.3 Å². The number of rotatable bonds is 3. The first-order valence-corrected chi connectivity index (χ1v) is 9.47. The monoisotopic (exact) mass is 348 g/mol. The molecule has 4 saturated heterocycles. The average Bonchev–Trinajstić information content (AvgIpc) is 2.94. The van der Waals surface area contributed by atoms with E-state index >= 15 is 0 Å². The van der Waals surface area contributed by atoms with Crippen molar-refractivity contribution in [1.29, 1.82) is 0 Å². The fourth-order valence-corrected chi connectivity index (χ4v) is 5.28.